The number of hydrogen-bond donors (Lipinski definition) is 0. The van der Waals surface area contributed by atoms with Crippen molar-refractivity contribution in [3.05, 3.63) is 64.7 Å². The van der Waals surface area contributed by atoms with Crippen molar-refractivity contribution in [3.63, 3.8) is 0 Å². The Morgan fingerprint density at radius 1 is 0.758 bits per heavy atom. The standard InChI is InChI=1S/C44H59F3N4O12SSi2/c1-28-18-35-41(54)49(26-59-14-16-65(5,6)7)33-22-38(37(58-4)20-32(33)39(52)48(35)24-28)62-13-11-12-61-36-21-34-31(19-29(36)2)40(53)51-25-30(63-64(56,57)44(45,46)47)23-43(51,3)42(55)50(34)27-60-15-17-66(8,9)10/h19-22,24-25,35H,11-18,23,26-27H2,1-10H3/t35-,43-/m0/s1. The van der Waals surface area contributed by atoms with Gasteiger partial charge in [0.25, 0.3) is 23.6 Å². The molecule has 2 aromatic carbocycles. The van der Waals surface area contributed by atoms with Gasteiger partial charge in [-0.25, -0.2) is 0 Å². The summed E-state index contributed by atoms with van der Waals surface area (Å²) in [5.41, 5.74) is -5.49. The zero-order valence-electron chi connectivity index (χ0n) is 39.0. The molecule has 0 fully saturated rings. The van der Waals surface area contributed by atoms with Gasteiger partial charge in [0.05, 0.1) is 42.8 Å². The van der Waals surface area contributed by atoms with E-state index >= 15 is 0 Å². The van der Waals surface area contributed by atoms with Crippen LogP contribution in [-0.2, 0) is 33.4 Å². The van der Waals surface area contributed by atoms with Crippen LogP contribution in [0.2, 0.25) is 51.4 Å². The van der Waals surface area contributed by atoms with Crippen LogP contribution in [0, 0.1) is 6.92 Å². The number of fused-ring (bicyclic) bond motifs is 4. The van der Waals surface area contributed by atoms with E-state index in [0.717, 1.165) is 28.8 Å². The Hall–Kier alpha value is -4.91. The highest BCUT2D eigenvalue weighted by Crippen LogP contribution is 2.45. The second-order valence-electron chi connectivity index (χ2n) is 19.5. The Morgan fingerprint density at radius 3 is 1.91 bits per heavy atom. The minimum atomic E-state index is -6.09. The Labute approximate surface area is 385 Å². The summed E-state index contributed by atoms with van der Waals surface area (Å²) in [7, 11) is -7.64. The molecule has 4 heterocycles. The molecule has 0 aromatic heterocycles. The number of rotatable bonds is 19. The third-order valence-electron chi connectivity index (χ3n) is 11.6. The highest BCUT2D eigenvalue weighted by molar-refractivity contribution is 7.87. The molecule has 6 rings (SSSR count). The van der Waals surface area contributed by atoms with Gasteiger partial charge in [0, 0.05) is 66.7 Å². The van der Waals surface area contributed by atoms with E-state index in [1.165, 1.54) is 40.9 Å². The number of ether oxygens (including phenoxy) is 5. The van der Waals surface area contributed by atoms with Crippen molar-refractivity contribution in [2.24, 2.45) is 0 Å². The molecule has 0 unspecified atom stereocenters. The predicted octanol–water partition coefficient (Wildman–Crippen LogP) is 7.60. The Kier molecular flexibility index (Phi) is 14.5. The Bertz CT molecular complexity index is 2440. The zero-order valence-corrected chi connectivity index (χ0v) is 41.9. The third-order valence-corrected chi connectivity index (χ3v) is 16.0. The summed E-state index contributed by atoms with van der Waals surface area (Å²) in [6.45, 7) is 18.6. The highest BCUT2D eigenvalue weighted by atomic mass is 32.2. The van der Waals surface area contributed by atoms with Gasteiger partial charge in [-0.2, -0.15) is 21.6 Å². The maximum absolute atomic E-state index is 14.5. The maximum atomic E-state index is 14.5. The summed E-state index contributed by atoms with van der Waals surface area (Å²) in [4.78, 5) is 61.7. The molecule has 0 aliphatic carbocycles. The van der Waals surface area contributed by atoms with Crippen LogP contribution in [0.5, 0.6) is 17.2 Å². The van der Waals surface area contributed by atoms with Crippen LogP contribution in [0.15, 0.2) is 48.0 Å². The number of carbonyl (C=O) groups is 4. The first kappa shape index (κ1) is 50.5. The lowest BCUT2D eigenvalue weighted by molar-refractivity contribution is -0.127. The highest BCUT2D eigenvalue weighted by Gasteiger charge is 2.55. The fourth-order valence-electron chi connectivity index (χ4n) is 7.81. The number of methoxy groups -OCH3 is 1. The molecule has 4 aliphatic rings. The SMILES string of the molecule is COc1cc2c(cc1OCCCOc1cc3c(cc1C)C(=O)N1C=C(OS(=O)(=O)C(F)(F)F)C[C@@]1(C)C(=O)N3COCC[Si](C)(C)C)N(COCC[Si](C)(C)C)C(=O)[C@@H]1CC(C)=CN1C2=O. The first-order chi connectivity index (χ1) is 30.7. The predicted molar refractivity (Wildman–Crippen MR) is 244 cm³/mol. The van der Waals surface area contributed by atoms with E-state index in [2.05, 4.69) is 43.5 Å². The molecule has 2 atom stereocenters. The van der Waals surface area contributed by atoms with E-state index in [0.29, 0.717) is 36.4 Å². The number of aryl methyl sites for hydroxylation is 1. The van der Waals surface area contributed by atoms with Gasteiger partial charge in [0.2, 0.25) is 0 Å². The van der Waals surface area contributed by atoms with Crippen molar-refractivity contribution < 1.29 is 68.6 Å². The van der Waals surface area contributed by atoms with Crippen LogP contribution in [0.3, 0.4) is 0 Å². The van der Waals surface area contributed by atoms with Gasteiger partial charge in [-0.15, -0.1) is 0 Å². The molecule has 4 aliphatic heterocycles. The van der Waals surface area contributed by atoms with Crippen molar-refractivity contribution in [1.82, 2.24) is 9.80 Å². The average molecular weight is 981 g/mol. The summed E-state index contributed by atoms with van der Waals surface area (Å²) >= 11 is 0. The van der Waals surface area contributed by atoms with Crippen LogP contribution in [0.4, 0.5) is 24.5 Å². The molecule has 16 nitrogen and oxygen atoms in total. The zero-order chi connectivity index (χ0) is 48.7. The van der Waals surface area contributed by atoms with Crippen LogP contribution in [-0.4, -0.2) is 122 Å². The maximum Gasteiger partial charge on any atom is 0.534 e. The van der Waals surface area contributed by atoms with Gasteiger partial charge in [-0.3, -0.25) is 33.9 Å². The molecule has 0 saturated heterocycles. The number of amides is 4. The smallest absolute Gasteiger partial charge is 0.493 e. The van der Waals surface area contributed by atoms with Gasteiger partial charge in [-0.1, -0.05) is 44.9 Å². The summed E-state index contributed by atoms with van der Waals surface area (Å²) in [6.07, 6.45) is 2.59. The lowest BCUT2D eigenvalue weighted by atomic mass is 9.96. The minimum absolute atomic E-state index is 0.000384. The molecule has 66 heavy (non-hydrogen) atoms. The van der Waals surface area contributed by atoms with E-state index < -0.39 is 67.3 Å². The Morgan fingerprint density at radius 2 is 1.32 bits per heavy atom. The third kappa shape index (κ3) is 10.8. The van der Waals surface area contributed by atoms with Gasteiger partial charge in [0.1, 0.15) is 36.6 Å². The van der Waals surface area contributed by atoms with E-state index in [4.69, 9.17) is 23.7 Å². The van der Waals surface area contributed by atoms with Gasteiger partial charge in [-0.05, 0) is 57.0 Å². The molecule has 0 spiro atoms. The van der Waals surface area contributed by atoms with E-state index in [-0.39, 0.29) is 73.4 Å². The minimum Gasteiger partial charge on any atom is -0.493 e. The molecule has 4 amide bonds. The van der Waals surface area contributed by atoms with Crippen LogP contribution in [0.25, 0.3) is 0 Å². The van der Waals surface area contributed by atoms with Crippen LogP contribution < -0.4 is 24.0 Å². The molecule has 0 saturated carbocycles. The summed E-state index contributed by atoms with van der Waals surface area (Å²) in [5.74, 6) is -1.99. The molecule has 362 valence electrons. The largest absolute Gasteiger partial charge is 0.534 e. The van der Waals surface area contributed by atoms with E-state index in [1.54, 1.807) is 25.3 Å². The summed E-state index contributed by atoms with van der Waals surface area (Å²) in [5, 5.41) is 0. The van der Waals surface area contributed by atoms with Crippen molar-refractivity contribution in [3.8, 4) is 17.2 Å². The van der Waals surface area contributed by atoms with Crippen molar-refractivity contribution >= 4 is 61.3 Å². The second-order valence-corrected chi connectivity index (χ2v) is 32.3. The second kappa shape index (κ2) is 19.0. The number of anilines is 2. The molecular weight excluding hydrogens is 922 g/mol. The fourth-order valence-corrected chi connectivity index (χ4v) is 9.80. The van der Waals surface area contributed by atoms with E-state index in [9.17, 15) is 40.8 Å². The molecule has 0 radical (unpaired) electrons. The summed E-state index contributed by atoms with van der Waals surface area (Å²) < 4.78 is 98.1. The number of benzene rings is 2. The quantitative estimate of drug-likeness (QED) is 0.0586. The molecule has 0 N–H and O–H groups in total. The van der Waals surface area contributed by atoms with Crippen LogP contribution in [0.1, 0.15) is 59.4 Å². The summed E-state index contributed by atoms with van der Waals surface area (Å²) in [6, 6.07) is 7.12. The van der Waals surface area contributed by atoms with Crippen molar-refractivity contribution in [1.29, 1.82) is 0 Å². The monoisotopic (exact) mass is 980 g/mol. The molecule has 2 aromatic rings. The molecular formula is C44H59F3N4O12SSi2. The fraction of sp³-hybridized carbons (Fsp3) is 0.545. The normalized spacial score (nSPS) is 20.0. The van der Waals surface area contributed by atoms with Gasteiger partial charge >= 0.3 is 15.6 Å². The lowest BCUT2D eigenvalue weighted by Crippen LogP contribution is -2.54. The number of nitrogens with zero attached hydrogens (tertiary/aromatic N) is 4. The topological polar surface area (TPSA) is 171 Å². The van der Waals surface area contributed by atoms with Gasteiger partial charge < -0.3 is 32.8 Å². The van der Waals surface area contributed by atoms with Gasteiger partial charge in [0.15, 0.2) is 11.5 Å². The number of hydrogen-bond acceptors (Lipinski definition) is 12. The lowest BCUT2D eigenvalue weighted by Gasteiger charge is -2.34. The first-order valence-electron chi connectivity index (χ1n) is 21.6. The number of carbonyl (C=O) groups excluding carboxylic acids is 4. The van der Waals surface area contributed by atoms with E-state index in [1.807, 2.05) is 6.92 Å². The number of halogens is 3. The molecule has 22 heteroatoms. The van der Waals surface area contributed by atoms with Crippen molar-refractivity contribution in [2.45, 2.75) is 108 Å². The molecule has 0 bridgehead atoms. The van der Waals surface area contributed by atoms with Crippen LogP contribution >= 0.6 is 0 Å². The first-order valence-corrected chi connectivity index (χ1v) is 30.4. The number of alkyl halides is 3. The van der Waals surface area contributed by atoms with Crippen molar-refractivity contribution in [2.75, 3.05) is 56.8 Å². The Balaban J connectivity index is 1.22. The average Bonchev–Trinajstić information content (AvgIpc) is 3.74.